The van der Waals surface area contributed by atoms with E-state index in [4.69, 9.17) is 15.3 Å². The van der Waals surface area contributed by atoms with Gasteiger partial charge in [-0.2, -0.15) is 0 Å². The summed E-state index contributed by atoms with van der Waals surface area (Å²) in [6.07, 6.45) is 0. The summed E-state index contributed by atoms with van der Waals surface area (Å²) >= 11 is 0. The first-order valence-electron chi connectivity index (χ1n) is 5.05. The van der Waals surface area contributed by atoms with Crippen LogP contribution in [-0.2, 0) is 4.79 Å². The van der Waals surface area contributed by atoms with Crippen molar-refractivity contribution in [3.63, 3.8) is 0 Å². The van der Waals surface area contributed by atoms with Gasteiger partial charge >= 0.3 is 5.97 Å². The van der Waals surface area contributed by atoms with Crippen LogP contribution in [-0.4, -0.2) is 17.6 Å². The van der Waals surface area contributed by atoms with Crippen molar-refractivity contribution in [1.82, 2.24) is 0 Å². The number of carboxylic acid groups (broad SMARTS) is 1. The Hall–Kier alpha value is -1.81. The fourth-order valence-corrected chi connectivity index (χ4v) is 1.78. The van der Waals surface area contributed by atoms with Crippen LogP contribution in [0.3, 0.4) is 0 Å². The summed E-state index contributed by atoms with van der Waals surface area (Å²) in [7, 11) is 0. The molecule has 1 heterocycles. The Balaban J connectivity index is 2.48. The average molecular weight is 219 g/mol. The van der Waals surface area contributed by atoms with E-state index in [0.29, 0.717) is 11.1 Å². The second-order valence-electron chi connectivity index (χ2n) is 3.78. The minimum absolute atomic E-state index is 0.0839. The molecule has 3 N–H and O–H groups in total. The van der Waals surface area contributed by atoms with Gasteiger partial charge in [0.1, 0.15) is 11.3 Å². The lowest BCUT2D eigenvalue weighted by molar-refractivity contribution is -0.138. The maximum absolute atomic E-state index is 11.0. The smallest absolute Gasteiger partial charge is 0.312 e. The van der Waals surface area contributed by atoms with Crippen molar-refractivity contribution in [2.45, 2.75) is 12.8 Å². The summed E-state index contributed by atoms with van der Waals surface area (Å²) in [5, 5.41) is 9.97. The molecule has 1 aromatic heterocycles. The zero-order chi connectivity index (χ0) is 11.7. The lowest BCUT2D eigenvalue weighted by Crippen LogP contribution is -2.20. The normalized spacial score (nSPS) is 12.9. The molecule has 0 saturated carbocycles. The molecular weight excluding hydrogens is 206 g/mol. The molecule has 0 radical (unpaired) electrons. The molecule has 2 rings (SSSR count). The Morgan fingerprint density at radius 2 is 2.25 bits per heavy atom. The van der Waals surface area contributed by atoms with Crippen LogP contribution in [0.5, 0.6) is 0 Å². The van der Waals surface area contributed by atoms with E-state index in [1.807, 2.05) is 19.1 Å². The summed E-state index contributed by atoms with van der Waals surface area (Å²) < 4.78 is 5.45. The number of aryl methyl sites for hydroxylation is 1. The molecule has 1 aromatic carbocycles. The number of carbonyl (C=O) groups is 1. The number of furan rings is 1. The molecule has 0 spiro atoms. The molecule has 0 aliphatic carbocycles. The van der Waals surface area contributed by atoms with Gasteiger partial charge in [-0.15, -0.1) is 0 Å². The van der Waals surface area contributed by atoms with Gasteiger partial charge in [-0.3, -0.25) is 4.79 Å². The zero-order valence-corrected chi connectivity index (χ0v) is 8.93. The average Bonchev–Trinajstić information content (AvgIpc) is 2.57. The Morgan fingerprint density at radius 3 is 2.88 bits per heavy atom. The van der Waals surface area contributed by atoms with E-state index < -0.39 is 11.9 Å². The van der Waals surface area contributed by atoms with Crippen molar-refractivity contribution >= 4 is 16.9 Å². The highest BCUT2D eigenvalue weighted by Gasteiger charge is 2.18. The van der Waals surface area contributed by atoms with E-state index in [1.54, 1.807) is 12.1 Å². The second kappa shape index (κ2) is 3.98. The van der Waals surface area contributed by atoms with Crippen LogP contribution in [0.25, 0.3) is 11.0 Å². The molecule has 0 amide bonds. The number of nitrogens with two attached hydrogens (primary N) is 1. The highest BCUT2D eigenvalue weighted by Crippen LogP contribution is 2.24. The molecule has 2 aromatic rings. The van der Waals surface area contributed by atoms with Gasteiger partial charge in [-0.1, -0.05) is 12.1 Å². The second-order valence-corrected chi connectivity index (χ2v) is 3.78. The van der Waals surface area contributed by atoms with E-state index in [2.05, 4.69) is 0 Å². The van der Waals surface area contributed by atoms with Crippen molar-refractivity contribution in [3.8, 4) is 0 Å². The highest BCUT2D eigenvalue weighted by molar-refractivity contribution is 5.82. The molecule has 0 saturated heterocycles. The largest absolute Gasteiger partial charge is 0.481 e. The van der Waals surface area contributed by atoms with E-state index in [1.165, 1.54) is 0 Å². The van der Waals surface area contributed by atoms with E-state index in [-0.39, 0.29) is 6.54 Å². The van der Waals surface area contributed by atoms with Crippen molar-refractivity contribution < 1.29 is 14.3 Å². The van der Waals surface area contributed by atoms with Gasteiger partial charge in [0.2, 0.25) is 0 Å². The Kier molecular flexibility index (Phi) is 2.66. The number of carboxylic acids is 1. The zero-order valence-electron chi connectivity index (χ0n) is 8.93. The van der Waals surface area contributed by atoms with Gasteiger partial charge in [-0.25, -0.2) is 0 Å². The molecule has 84 valence electrons. The first-order valence-corrected chi connectivity index (χ1v) is 5.05. The third kappa shape index (κ3) is 1.79. The van der Waals surface area contributed by atoms with Crippen molar-refractivity contribution in [2.75, 3.05) is 6.54 Å². The first kappa shape index (κ1) is 10.7. The molecule has 4 heteroatoms. The van der Waals surface area contributed by atoms with Gasteiger partial charge in [0.05, 0.1) is 5.92 Å². The Labute approximate surface area is 92.7 Å². The summed E-state index contributed by atoms with van der Waals surface area (Å²) in [6.45, 7) is 1.94. The molecule has 0 bridgehead atoms. The lowest BCUT2D eigenvalue weighted by Gasteiger charge is -2.09. The maximum Gasteiger partial charge on any atom is 0.312 e. The highest BCUT2D eigenvalue weighted by atomic mass is 16.4. The maximum atomic E-state index is 11.0. The number of fused-ring (bicyclic) bond motifs is 1. The third-order valence-electron chi connectivity index (χ3n) is 2.60. The quantitative estimate of drug-likeness (QED) is 0.826. The topological polar surface area (TPSA) is 76.5 Å². The number of benzene rings is 1. The number of hydrogen-bond acceptors (Lipinski definition) is 3. The first-order chi connectivity index (χ1) is 7.61. The van der Waals surface area contributed by atoms with Crippen LogP contribution in [0, 0.1) is 6.92 Å². The van der Waals surface area contributed by atoms with E-state index in [0.717, 1.165) is 11.1 Å². The van der Waals surface area contributed by atoms with Crippen LogP contribution in [0.4, 0.5) is 0 Å². The van der Waals surface area contributed by atoms with Crippen LogP contribution < -0.4 is 5.73 Å². The number of aliphatic carboxylic acids is 1. The molecule has 1 unspecified atom stereocenters. The standard InChI is InChI=1S/C12H13NO3/c1-7-4-9-3-2-8(5-11(9)16-7)10(6-13)12(14)15/h2-5,10H,6,13H2,1H3,(H,14,15). The third-order valence-corrected chi connectivity index (χ3v) is 2.60. The molecule has 0 fully saturated rings. The summed E-state index contributed by atoms with van der Waals surface area (Å²) in [4.78, 5) is 11.0. The number of hydrogen-bond donors (Lipinski definition) is 2. The van der Waals surface area contributed by atoms with Gasteiger partial charge in [0, 0.05) is 11.9 Å². The van der Waals surface area contributed by atoms with Crippen LogP contribution in [0.2, 0.25) is 0 Å². The molecule has 16 heavy (non-hydrogen) atoms. The van der Waals surface area contributed by atoms with Gasteiger partial charge < -0.3 is 15.3 Å². The SMILES string of the molecule is Cc1cc2ccc(C(CN)C(=O)O)cc2o1. The van der Waals surface area contributed by atoms with Gasteiger partial charge in [0.15, 0.2) is 0 Å². The molecule has 0 aliphatic rings. The van der Waals surface area contributed by atoms with Crippen molar-refractivity contribution in [3.05, 3.63) is 35.6 Å². The molecular formula is C12H13NO3. The summed E-state index contributed by atoms with van der Waals surface area (Å²) in [5.74, 6) is -0.772. The fraction of sp³-hybridized carbons (Fsp3) is 0.250. The van der Waals surface area contributed by atoms with Crippen molar-refractivity contribution in [1.29, 1.82) is 0 Å². The molecule has 0 aliphatic heterocycles. The van der Waals surface area contributed by atoms with Crippen LogP contribution in [0.1, 0.15) is 17.2 Å². The van der Waals surface area contributed by atoms with Crippen LogP contribution >= 0.6 is 0 Å². The fourth-order valence-electron chi connectivity index (χ4n) is 1.78. The minimum atomic E-state index is -0.912. The van der Waals surface area contributed by atoms with E-state index >= 15 is 0 Å². The number of rotatable bonds is 3. The monoisotopic (exact) mass is 219 g/mol. The minimum Gasteiger partial charge on any atom is -0.481 e. The van der Waals surface area contributed by atoms with Gasteiger partial charge in [0.25, 0.3) is 0 Å². The van der Waals surface area contributed by atoms with Crippen molar-refractivity contribution in [2.24, 2.45) is 5.73 Å². The summed E-state index contributed by atoms with van der Waals surface area (Å²) in [6, 6.07) is 7.29. The molecule has 4 nitrogen and oxygen atoms in total. The predicted octanol–water partition coefficient (Wildman–Crippen LogP) is 1.87. The Morgan fingerprint density at radius 1 is 1.50 bits per heavy atom. The predicted molar refractivity (Wildman–Crippen MR) is 60.4 cm³/mol. The van der Waals surface area contributed by atoms with E-state index in [9.17, 15) is 4.79 Å². The molecule has 1 atom stereocenters. The summed E-state index contributed by atoms with van der Waals surface area (Å²) in [5.41, 5.74) is 6.82. The lowest BCUT2D eigenvalue weighted by atomic mass is 9.99. The van der Waals surface area contributed by atoms with Gasteiger partial charge in [-0.05, 0) is 24.6 Å². The van der Waals surface area contributed by atoms with Crippen LogP contribution in [0.15, 0.2) is 28.7 Å². The Bertz CT molecular complexity index is 530.